The predicted octanol–water partition coefficient (Wildman–Crippen LogP) is 2.20. The summed E-state index contributed by atoms with van der Waals surface area (Å²) in [6.07, 6.45) is 0.465. The third-order valence-corrected chi connectivity index (χ3v) is 3.29. The molecule has 1 aromatic carbocycles. The molecule has 1 aromatic rings. The molecule has 3 nitrogen and oxygen atoms in total. The van der Waals surface area contributed by atoms with Gasteiger partial charge in [-0.15, -0.1) is 0 Å². The normalized spacial score (nSPS) is 24.2. The Balaban J connectivity index is 1.79. The quantitative estimate of drug-likeness (QED) is 0.887. The predicted molar refractivity (Wildman–Crippen MR) is 72.8 cm³/mol. The number of morpholine rings is 1. The van der Waals surface area contributed by atoms with Gasteiger partial charge in [-0.2, -0.15) is 0 Å². The maximum Gasteiger partial charge on any atom is 0.0936 e. The van der Waals surface area contributed by atoms with Crippen LogP contribution in [0.1, 0.15) is 23.6 Å². The first-order valence-corrected chi connectivity index (χ1v) is 6.65. The second kappa shape index (κ2) is 6.32. The van der Waals surface area contributed by atoms with Gasteiger partial charge in [0.1, 0.15) is 0 Å². The van der Waals surface area contributed by atoms with Crippen LogP contribution < -0.4 is 5.32 Å². The average molecular weight is 249 g/mol. The van der Waals surface area contributed by atoms with E-state index in [2.05, 4.69) is 44.3 Å². The molecule has 0 aliphatic carbocycles. The lowest BCUT2D eigenvalue weighted by atomic mass is 10.1. The van der Waals surface area contributed by atoms with E-state index in [9.17, 15) is 0 Å². The first-order valence-electron chi connectivity index (χ1n) is 6.65. The van der Waals surface area contributed by atoms with Crippen molar-refractivity contribution in [1.82, 2.24) is 5.32 Å². The summed E-state index contributed by atoms with van der Waals surface area (Å²) in [6, 6.07) is 6.47. The van der Waals surface area contributed by atoms with Gasteiger partial charge >= 0.3 is 0 Å². The first-order chi connectivity index (χ1) is 8.65. The van der Waals surface area contributed by atoms with E-state index in [0.717, 1.165) is 13.1 Å². The molecule has 3 heteroatoms. The van der Waals surface area contributed by atoms with Gasteiger partial charge < -0.3 is 14.8 Å². The van der Waals surface area contributed by atoms with Gasteiger partial charge in [-0.25, -0.2) is 0 Å². The van der Waals surface area contributed by atoms with Crippen molar-refractivity contribution in [1.29, 1.82) is 0 Å². The number of hydrogen-bond acceptors (Lipinski definition) is 3. The zero-order valence-corrected chi connectivity index (χ0v) is 11.5. The molecule has 2 unspecified atom stereocenters. The van der Waals surface area contributed by atoms with Crippen molar-refractivity contribution in [2.24, 2.45) is 0 Å². The second-order valence-corrected chi connectivity index (χ2v) is 5.17. The van der Waals surface area contributed by atoms with E-state index in [-0.39, 0.29) is 12.2 Å². The van der Waals surface area contributed by atoms with Crippen molar-refractivity contribution in [3.05, 3.63) is 34.9 Å². The van der Waals surface area contributed by atoms with E-state index in [1.54, 1.807) is 0 Å². The van der Waals surface area contributed by atoms with Crippen LogP contribution in [-0.4, -0.2) is 31.9 Å². The summed E-state index contributed by atoms with van der Waals surface area (Å²) < 4.78 is 11.6. The fraction of sp³-hybridized carbons (Fsp3) is 0.600. The van der Waals surface area contributed by atoms with E-state index < -0.39 is 0 Å². The summed E-state index contributed by atoms with van der Waals surface area (Å²) in [7, 11) is 0. The van der Waals surface area contributed by atoms with Crippen LogP contribution in [0.2, 0.25) is 0 Å². The maximum absolute atomic E-state index is 5.79. The van der Waals surface area contributed by atoms with Crippen molar-refractivity contribution in [3.8, 4) is 0 Å². The fourth-order valence-corrected chi connectivity index (χ4v) is 2.23. The molecular formula is C15H23NO2. The monoisotopic (exact) mass is 249 g/mol. The number of benzene rings is 1. The maximum atomic E-state index is 5.79. The Morgan fingerprint density at radius 2 is 2.17 bits per heavy atom. The topological polar surface area (TPSA) is 30.5 Å². The van der Waals surface area contributed by atoms with Crippen molar-refractivity contribution >= 4 is 0 Å². The van der Waals surface area contributed by atoms with Gasteiger partial charge in [0, 0.05) is 13.1 Å². The standard InChI is InChI=1S/C15H23NO2/c1-11-4-5-12(2)14(6-11)9-17-10-15-8-16-7-13(3)18-15/h4-6,13,15-16H,7-10H2,1-3H3. The Hall–Kier alpha value is -0.900. The zero-order chi connectivity index (χ0) is 13.0. The summed E-state index contributed by atoms with van der Waals surface area (Å²) in [5.41, 5.74) is 3.84. The van der Waals surface area contributed by atoms with Gasteiger partial charge in [-0.1, -0.05) is 23.8 Å². The third-order valence-electron chi connectivity index (χ3n) is 3.29. The highest BCUT2D eigenvalue weighted by Crippen LogP contribution is 2.12. The minimum absolute atomic E-state index is 0.180. The lowest BCUT2D eigenvalue weighted by molar-refractivity contribution is -0.0716. The van der Waals surface area contributed by atoms with E-state index >= 15 is 0 Å². The van der Waals surface area contributed by atoms with Gasteiger partial charge in [-0.05, 0) is 31.9 Å². The van der Waals surface area contributed by atoms with Crippen molar-refractivity contribution in [2.45, 2.75) is 39.6 Å². The third kappa shape index (κ3) is 3.80. The highest BCUT2D eigenvalue weighted by atomic mass is 16.5. The average Bonchev–Trinajstić information content (AvgIpc) is 2.34. The molecule has 1 saturated heterocycles. The molecule has 2 atom stereocenters. The van der Waals surface area contributed by atoms with Crippen LogP contribution in [0.15, 0.2) is 18.2 Å². The molecule has 1 heterocycles. The van der Waals surface area contributed by atoms with Crippen LogP contribution in [-0.2, 0) is 16.1 Å². The molecule has 1 fully saturated rings. The zero-order valence-electron chi connectivity index (χ0n) is 11.5. The minimum Gasteiger partial charge on any atom is -0.374 e. The summed E-state index contributed by atoms with van der Waals surface area (Å²) in [6.45, 7) is 9.47. The van der Waals surface area contributed by atoms with E-state index in [4.69, 9.17) is 9.47 Å². The Morgan fingerprint density at radius 1 is 1.33 bits per heavy atom. The molecule has 0 bridgehead atoms. The van der Waals surface area contributed by atoms with Gasteiger partial charge in [-0.3, -0.25) is 0 Å². The molecule has 0 spiro atoms. The van der Waals surface area contributed by atoms with Gasteiger partial charge in [0.15, 0.2) is 0 Å². The van der Waals surface area contributed by atoms with Crippen LogP contribution in [0.5, 0.6) is 0 Å². The van der Waals surface area contributed by atoms with Crippen LogP contribution in [0.25, 0.3) is 0 Å². The number of hydrogen-bond donors (Lipinski definition) is 1. The lowest BCUT2D eigenvalue weighted by Crippen LogP contribution is -2.45. The Labute approximate surface area is 109 Å². The van der Waals surface area contributed by atoms with E-state index in [1.165, 1.54) is 16.7 Å². The molecule has 1 aliphatic heterocycles. The van der Waals surface area contributed by atoms with Gasteiger partial charge in [0.05, 0.1) is 25.4 Å². The molecule has 100 valence electrons. The first kappa shape index (κ1) is 13.5. The van der Waals surface area contributed by atoms with Crippen LogP contribution in [0.3, 0.4) is 0 Å². The highest BCUT2D eigenvalue weighted by molar-refractivity contribution is 5.29. The smallest absolute Gasteiger partial charge is 0.0936 e. The lowest BCUT2D eigenvalue weighted by Gasteiger charge is -2.28. The van der Waals surface area contributed by atoms with Crippen LogP contribution >= 0.6 is 0 Å². The number of aryl methyl sites for hydroxylation is 2. The molecule has 0 aromatic heterocycles. The van der Waals surface area contributed by atoms with Crippen molar-refractivity contribution in [3.63, 3.8) is 0 Å². The number of nitrogens with one attached hydrogen (secondary N) is 1. The molecule has 0 radical (unpaired) electrons. The van der Waals surface area contributed by atoms with Crippen molar-refractivity contribution in [2.75, 3.05) is 19.7 Å². The second-order valence-electron chi connectivity index (χ2n) is 5.17. The SMILES string of the molecule is Cc1ccc(C)c(COCC2CNCC(C)O2)c1. The number of rotatable bonds is 4. The molecule has 1 N–H and O–H groups in total. The Morgan fingerprint density at radius 3 is 2.94 bits per heavy atom. The summed E-state index contributed by atoms with van der Waals surface area (Å²) in [5.74, 6) is 0. The minimum atomic E-state index is 0.180. The largest absolute Gasteiger partial charge is 0.374 e. The summed E-state index contributed by atoms with van der Waals surface area (Å²) >= 11 is 0. The number of ether oxygens (including phenoxy) is 2. The van der Waals surface area contributed by atoms with Crippen molar-refractivity contribution < 1.29 is 9.47 Å². The van der Waals surface area contributed by atoms with E-state index in [1.807, 2.05) is 0 Å². The molecular weight excluding hydrogens is 226 g/mol. The van der Waals surface area contributed by atoms with Crippen LogP contribution in [0, 0.1) is 13.8 Å². The summed E-state index contributed by atoms with van der Waals surface area (Å²) in [5, 5.41) is 3.35. The Bertz CT molecular complexity index is 392. The molecule has 18 heavy (non-hydrogen) atoms. The molecule has 0 saturated carbocycles. The van der Waals surface area contributed by atoms with E-state index in [0.29, 0.717) is 13.2 Å². The van der Waals surface area contributed by atoms with Crippen LogP contribution in [0.4, 0.5) is 0 Å². The molecule has 0 amide bonds. The highest BCUT2D eigenvalue weighted by Gasteiger charge is 2.18. The fourth-order valence-electron chi connectivity index (χ4n) is 2.23. The molecule has 2 rings (SSSR count). The van der Waals surface area contributed by atoms with Gasteiger partial charge in [0.2, 0.25) is 0 Å². The summed E-state index contributed by atoms with van der Waals surface area (Å²) in [4.78, 5) is 0. The molecule has 1 aliphatic rings. The van der Waals surface area contributed by atoms with Gasteiger partial charge in [0.25, 0.3) is 0 Å². The Kier molecular flexibility index (Phi) is 4.75.